The Morgan fingerprint density at radius 2 is 1.76 bits per heavy atom. The molecule has 3 aliphatic heterocycles. The Hall–Kier alpha value is -2.55. The molecule has 9 nitrogen and oxygen atoms in total. The van der Waals surface area contributed by atoms with Crippen molar-refractivity contribution in [2.24, 2.45) is 0 Å². The van der Waals surface area contributed by atoms with Crippen LogP contribution in [0.15, 0.2) is 12.3 Å². The number of pyridine rings is 1. The number of ether oxygens (including phenoxy) is 1. The minimum Gasteiger partial charge on any atom is -0.481 e. The molecule has 0 bridgehead atoms. The van der Waals surface area contributed by atoms with Gasteiger partial charge in [-0.1, -0.05) is 0 Å². The Balaban J connectivity index is 1.32. The van der Waals surface area contributed by atoms with Crippen molar-refractivity contribution in [3.63, 3.8) is 0 Å². The lowest BCUT2D eigenvalue weighted by atomic mass is 10.0. The molecule has 3 fully saturated rings. The first-order valence-electron chi connectivity index (χ1n) is 15.7. The molecule has 0 saturated carbocycles. The highest BCUT2D eigenvalue weighted by molar-refractivity contribution is 7.89. The van der Waals surface area contributed by atoms with Crippen molar-refractivity contribution < 1.29 is 26.3 Å². The number of rotatable bonds is 8. The number of piperidine rings is 2. The molecule has 246 valence electrons. The van der Waals surface area contributed by atoms with Crippen LogP contribution in [-0.4, -0.2) is 97.5 Å². The third kappa shape index (κ3) is 7.08. The molecule has 0 aliphatic carbocycles. The summed E-state index contributed by atoms with van der Waals surface area (Å²) in [6, 6.07) is 0.450. The number of halogens is 3. The van der Waals surface area contributed by atoms with Crippen LogP contribution in [0.5, 0.6) is 5.88 Å². The lowest BCUT2D eigenvalue weighted by Crippen LogP contribution is -2.50. The van der Waals surface area contributed by atoms with Crippen molar-refractivity contribution in [3.05, 3.63) is 28.3 Å². The van der Waals surface area contributed by atoms with Gasteiger partial charge in [0.05, 0.1) is 28.8 Å². The molecular weight excluding hydrogens is 626 g/mol. The van der Waals surface area contributed by atoms with E-state index in [1.807, 2.05) is 0 Å². The minimum atomic E-state index is -4.17. The average Bonchev–Trinajstić information content (AvgIpc) is 3.62. The van der Waals surface area contributed by atoms with E-state index in [1.54, 1.807) is 28.5 Å². The van der Waals surface area contributed by atoms with Gasteiger partial charge in [-0.3, -0.25) is 9.80 Å². The first kappa shape index (κ1) is 32.4. The van der Waals surface area contributed by atoms with Crippen LogP contribution in [0, 0.1) is 6.92 Å². The van der Waals surface area contributed by atoms with Gasteiger partial charge in [-0.05, 0) is 77.6 Å². The molecule has 0 unspecified atom stereocenters. The van der Waals surface area contributed by atoms with E-state index in [-0.39, 0.29) is 24.1 Å². The smallest absolute Gasteiger partial charge is 0.404 e. The maximum Gasteiger partial charge on any atom is 0.404 e. The maximum absolute atomic E-state index is 13.6. The van der Waals surface area contributed by atoms with Crippen LogP contribution in [0.4, 0.5) is 19.1 Å². The van der Waals surface area contributed by atoms with Gasteiger partial charge < -0.3 is 9.64 Å². The number of methoxy groups -OCH3 is 1. The second kappa shape index (κ2) is 12.9. The van der Waals surface area contributed by atoms with Gasteiger partial charge in [-0.15, -0.1) is 11.3 Å². The van der Waals surface area contributed by atoms with Crippen LogP contribution >= 0.6 is 11.3 Å². The molecule has 6 rings (SSSR count). The summed E-state index contributed by atoms with van der Waals surface area (Å²) in [6.45, 7) is 6.47. The van der Waals surface area contributed by atoms with Crippen LogP contribution in [0.25, 0.3) is 21.5 Å². The normalized spacial score (nSPS) is 21.2. The number of thiophene rings is 1. The number of anilines is 1. The average molecular weight is 667 g/mol. The molecule has 6 heterocycles. The van der Waals surface area contributed by atoms with Gasteiger partial charge >= 0.3 is 6.18 Å². The van der Waals surface area contributed by atoms with Gasteiger partial charge in [0.15, 0.2) is 9.84 Å². The second-order valence-electron chi connectivity index (χ2n) is 12.6. The fraction of sp³-hybridized carbons (Fsp3) is 0.645. The second-order valence-corrected chi connectivity index (χ2v) is 16.0. The minimum absolute atomic E-state index is 0.0426. The van der Waals surface area contributed by atoms with Crippen LogP contribution in [0.2, 0.25) is 0 Å². The number of likely N-dealkylation sites (tertiary alicyclic amines) is 2. The molecule has 1 atom stereocenters. The van der Waals surface area contributed by atoms with Gasteiger partial charge in [0, 0.05) is 59.7 Å². The van der Waals surface area contributed by atoms with E-state index in [9.17, 15) is 21.6 Å². The predicted molar refractivity (Wildman–Crippen MR) is 171 cm³/mol. The topological polar surface area (TPSA) is 91.8 Å². The molecule has 3 saturated heterocycles. The zero-order valence-corrected chi connectivity index (χ0v) is 27.7. The van der Waals surface area contributed by atoms with Crippen molar-refractivity contribution in [3.8, 4) is 17.1 Å². The zero-order chi connectivity index (χ0) is 31.9. The quantitative estimate of drug-likeness (QED) is 0.305. The highest BCUT2D eigenvalue weighted by Gasteiger charge is 2.48. The summed E-state index contributed by atoms with van der Waals surface area (Å²) in [6.07, 6.45) is 4.23. The van der Waals surface area contributed by atoms with Crippen LogP contribution in [0.1, 0.15) is 60.9 Å². The lowest BCUT2D eigenvalue weighted by Gasteiger charge is -2.39. The fourth-order valence-electron chi connectivity index (χ4n) is 7.15. The third-order valence-corrected chi connectivity index (χ3v) is 11.3. The Bertz CT molecular complexity index is 1630. The Morgan fingerprint density at radius 1 is 1.02 bits per heavy atom. The van der Waals surface area contributed by atoms with Gasteiger partial charge in [0.2, 0.25) is 11.8 Å². The summed E-state index contributed by atoms with van der Waals surface area (Å²) < 4.78 is 71.6. The van der Waals surface area contributed by atoms with Gasteiger partial charge in [0.1, 0.15) is 6.04 Å². The van der Waals surface area contributed by atoms with E-state index in [0.29, 0.717) is 49.4 Å². The first-order valence-corrected chi connectivity index (χ1v) is 18.6. The molecular formula is C31H41F3N6O3S2. The standard InChI is InChI=1S/C31H41F3N6O3S2/c1-20-24(18-38-14-9-23(10-15-38)40-13-7-8-25(40)31(32,33)34)27-28(44-20)26(36-30(37-27)39-11-5-4-6-12-39)21-16-22(19-45(3,41)42)29(43-2)35-17-21/h16-17,23,25H,4-15,18-19H2,1-3H3/t25-/m0/s1. The predicted octanol–water partition coefficient (Wildman–Crippen LogP) is 5.60. The monoisotopic (exact) mass is 666 g/mol. The van der Waals surface area contributed by atoms with E-state index in [0.717, 1.165) is 65.4 Å². The number of hydrogen-bond donors (Lipinski definition) is 0. The van der Waals surface area contributed by atoms with E-state index in [1.165, 1.54) is 19.8 Å². The van der Waals surface area contributed by atoms with E-state index >= 15 is 0 Å². The van der Waals surface area contributed by atoms with E-state index in [2.05, 4.69) is 21.7 Å². The summed E-state index contributed by atoms with van der Waals surface area (Å²) in [5.74, 6) is 0.728. The fourth-order valence-corrected chi connectivity index (χ4v) is 9.03. The van der Waals surface area contributed by atoms with Crippen LogP contribution < -0.4 is 9.64 Å². The SMILES string of the molecule is COc1ncc(-c2nc(N3CCCCC3)nc3c(CN4CCC(N5CCC[C@H]5C(F)(F)F)CC4)c(C)sc23)cc1CS(C)(=O)=O. The number of sulfone groups is 1. The molecule has 3 aliphatic rings. The molecule has 45 heavy (non-hydrogen) atoms. The molecule has 3 aromatic rings. The van der Waals surface area contributed by atoms with Gasteiger partial charge in [-0.2, -0.15) is 13.2 Å². The van der Waals surface area contributed by atoms with Gasteiger partial charge in [-0.25, -0.2) is 23.4 Å². The molecule has 0 aromatic carbocycles. The Kier molecular flexibility index (Phi) is 9.30. The van der Waals surface area contributed by atoms with Crippen LogP contribution in [0.3, 0.4) is 0 Å². The largest absolute Gasteiger partial charge is 0.481 e. The summed E-state index contributed by atoms with van der Waals surface area (Å²) >= 11 is 1.62. The highest BCUT2D eigenvalue weighted by Crippen LogP contribution is 2.40. The summed E-state index contributed by atoms with van der Waals surface area (Å²) in [4.78, 5) is 22.0. The van der Waals surface area contributed by atoms with E-state index < -0.39 is 22.1 Å². The van der Waals surface area contributed by atoms with Crippen molar-refractivity contribution >= 4 is 37.3 Å². The Morgan fingerprint density at radius 3 is 2.42 bits per heavy atom. The van der Waals surface area contributed by atoms with Crippen molar-refractivity contribution in [2.45, 2.75) is 82.4 Å². The number of aryl methyl sites for hydroxylation is 1. The Labute approximate surface area is 266 Å². The van der Waals surface area contributed by atoms with Gasteiger partial charge in [0.25, 0.3) is 0 Å². The molecule has 0 radical (unpaired) electrons. The van der Waals surface area contributed by atoms with Crippen molar-refractivity contribution in [2.75, 3.05) is 51.0 Å². The summed E-state index contributed by atoms with van der Waals surface area (Å²) in [7, 11) is -1.86. The third-order valence-electron chi connectivity index (χ3n) is 9.35. The molecule has 0 amide bonds. The number of alkyl halides is 3. The number of aromatic nitrogens is 3. The van der Waals surface area contributed by atoms with Crippen molar-refractivity contribution in [1.29, 1.82) is 0 Å². The highest BCUT2D eigenvalue weighted by atomic mass is 32.2. The number of fused-ring (bicyclic) bond motifs is 1. The van der Waals surface area contributed by atoms with Crippen LogP contribution in [-0.2, 0) is 22.1 Å². The maximum atomic E-state index is 13.6. The van der Waals surface area contributed by atoms with Crippen molar-refractivity contribution in [1.82, 2.24) is 24.8 Å². The number of hydrogen-bond acceptors (Lipinski definition) is 10. The summed E-state index contributed by atoms with van der Waals surface area (Å²) in [5.41, 5.74) is 3.89. The number of nitrogens with zero attached hydrogens (tertiary/aromatic N) is 6. The van der Waals surface area contributed by atoms with E-state index in [4.69, 9.17) is 14.7 Å². The lowest BCUT2D eigenvalue weighted by molar-refractivity contribution is -0.182. The molecule has 0 spiro atoms. The molecule has 3 aromatic heterocycles. The molecule has 0 N–H and O–H groups in total. The summed E-state index contributed by atoms with van der Waals surface area (Å²) in [5, 5.41) is 0. The first-order chi connectivity index (χ1) is 21.4. The zero-order valence-electron chi connectivity index (χ0n) is 26.1. The molecule has 14 heteroatoms.